The van der Waals surface area contributed by atoms with Crippen LogP contribution in [0, 0.1) is 12.8 Å². The molecule has 1 aromatic carbocycles. The van der Waals surface area contributed by atoms with Gasteiger partial charge in [0.15, 0.2) is 0 Å². The van der Waals surface area contributed by atoms with E-state index in [1.165, 1.54) is 19.1 Å². The Balaban J connectivity index is 2.94. The second-order valence-corrected chi connectivity index (χ2v) is 4.42. The predicted molar refractivity (Wildman–Crippen MR) is 67.9 cm³/mol. The summed E-state index contributed by atoms with van der Waals surface area (Å²) in [5.41, 5.74) is -0.505. The smallest absolute Gasteiger partial charge is 0.326 e. The van der Waals surface area contributed by atoms with Crippen LogP contribution in [0.5, 0.6) is 0 Å². The average Bonchev–Trinajstić information content (AvgIpc) is 2.30. The predicted octanol–water partition coefficient (Wildman–Crippen LogP) is 2.81. The van der Waals surface area contributed by atoms with Crippen molar-refractivity contribution in [2.24, 2.45) is 5.92 Å². The number of carbonyl (C=O) groups excluding carboxylic acids is 1. The molecule has 1 rings (SSSR count). The first-order valence-corrected chi connectivity index (χ1v) is 5.89. The van der Waals surface area contributed by atoms with Gasteiger partial charge in [-0.2, -0.15) is 13.2 Å². The zero-order valence-electron chi connectivity index (χ0n) is 11.1. The lowest BCUT2D eigenvalue weighted by molar-refractivity contribution is -0.138. The highest BCUT2D eigenvalue weighted by Crippen LogP contribution is 2.34. The van der Waals surface area contributed by atoms with E-state index in [1.807, 2.05) is 0 Å². The Labute approximate surface area is 110 Å². The largest absolute Gasteiger partial charge is 0.416 e. The monoisotopic (exact) mass is 274 g/mol. The molecule has 0 spiro atoms. The first kappa shape index (κ1) is 15.5. The lowest BCUT2D eigenvalue weighted by Crippen LogP contribution is -2.29. The quantitative estimate of drug-likeness (QED) is 0.886. The lowest BCUT2D eigenvalue weighted by atomic mass is 10.1. The summed E-state index contributed by atoms with van der Waals surface area (Å²) in [4.78, 5) is 11.8. The molecule has 3 nitrogen and oxygen atoms in total. The van der Waals surface area contributed by atoms with E-state index >= 15 is 0 Å². The van der Waals surface area contributed by atoms with Gasteiger partial charge in [0.2, 0.25) is 5.91 Å². The van der Waals surface area contributed by atoms with Crippen LogP contribution in [0.4, 0.5) is 18.9 Å². The number of alkyl halides is 3. The van der Waals surface area contributed by atoms with Crippen molar-refractivity contribution >= 4 is 11.6 Å². The molecule has 0 saturated carbocycles. The minimum absolute atomic E-state index is 0.0278. The molecule has 2 N–H and O–H groups in total. The molecule has 0 aliphatic carbocycles. The molecule has 1 amide bonds. The molecule has 0 radical (unpaired) electrons. The summed E-state index contributed by atoms with van der Waals surface area (Å²) in [6.07, 6.45) is -4.42. The first-order valence-electron chi connectivity index (χ1n) is 5.89. The Bertz CT molecular complexity index is 458. The minimum atomic E-state index is -4.42. The summed E-state index contributed by atoms with van der Waals surface area (Å²) in [6, 6.07) is 3.75. The van der Waals surface area contributed by atoms with Crippen LogP contribution in [0.25, 0.3) is 0 Å². The maximum Gasteiger partial charge on any atom is 0.416 e. The van der Waals surface area contributed by atoms with Crippen LogP contribution in [0.1, 0.15) is 18.1 Å². The molecule has 0 bridgehead atoms. The minimum Gasteiger partial charge on any atom is -0.326 e. The van der Waals surface area contributed by atoms with Crippen LogP contribution >= 0.6 is 0 Å². The van der Waals surface area contributed by atoms with E-state index in [2.05, 4.69) is 10.6 Å². The molecule has 0 aliphatic rings. The number of hydrogen-bond acceptors (Lipinski definition) is 2. The molecule has 1 unspecified atom stereocenters. The van der Waals surface area contributed by atoms with Crippen molar-refractivity contribution in [3.8, 4) is 0 Å². The highest BCUT2D eigenvalue weighted by Gasteiger charge is 2.33. The van der Waals surface area contributed by atoms with Crippen LogP contribution < -0.4 is 10.6 Å². The van der Waals surface area contributed by atoms with Crippen molar-refractivity contribution in [2.45, 2.75) is 20.0 Å². The Morgan fingerprint density at radius 3 is 2.53 bits per heavy atom. The molecule has 19 heavy (non-hydrogen) atoms. The second-order valence-electron chi connectivity index (χ2n) is 4.42. The molecule has 0 saturated heterocycles. The van der Waals surface area contributed by atoms with E-state index in [9.17, 15) is 18.0 Å². The van der Waals surface area contributed by atoms with Gasteiger partial charge in [-0.05, 0) is 31.7 Å². The van der Waals surface area contributed by atoms with E-state index < -0.39 is 11.7 Å². The van der Waals surface area contributed by atoms with Crippen molar-refractivity contribution in [1.29, 1.82) is 0 Å². The first-order chi connectivity index (χ1) is 8.77. The number of hydrogen-bond donors (Lipinski definition) is 2. The molecule has 0 heterocycles. The van der Waals surface area contributed by atoms with Gasteiger partial charge in [-0.25, -0.2) is 0 Å². The summed E-state index contributed by atoms with van der Waals surface area (Å²) in [7, 11) is 1.71. The van der Waals surface area contributed by atoms with Gasteiger partial charge in [0.05, 0.1) is 5.56 Å². The van der Waals surface area contributed by atoms with E-state index in [-0.39, 0.29) is 23.1 Å². The van der Waals surface area contributed by atoms with Gasteiger partial charge in [0, 0.05) is 18.2 Å². The third-order valence-electron chi connectivity index (χ3n) is 2.85. The van der Waals surface area contributed by atoms with E-state index in [0.29, 0.717) is 6.54 Å². The van der Waals surface area contributed by atoms with Gasteiger partial charge < -0.3 is 10.6 Å². The van der Waals surface area contributed by atoms with Crippen LogP contribution in [0.3, 0.4) is 0 Å². The molecular weight excluding hydrogens is 257 g/mol. The fourth-order valence-electron chi connectivity index (χ4n) is 1.73. The molecule has 1 atom stereocenters. The number of carbonyl (C=O) groups is 1. The SMILES string of the molecule is CNCC(C)C(=O)Nc1cccc(C(F)(F)F)c1C. The highest BCUT2D eigenvalue weighted by atomic mass is 19.4. The Hall–Kier alpha value is -1.56. The lowest BCUT2D eigenvalue weighted by Gasteiger charge is -2.16. The van der Waals surface area contributed by atoms with Crippen molar-refractivity contribution < 1.29 is 18.0 Å². The zero-order valence-corrected chi connectivity index (χ0v) is 11.1. The number of benzene rings is 1. The van der Waals surface area contributed by atoms with Gasteiger partial charge >= 0.3 is 6.18 Å². The third kappa shape index (κ3) is 3.96. The number of anilines is 1. The summed E-state index contributed by atoms with van der Waals surface area (Å²) in [5.74, 6) is -0.629. The van der Waals surface area contributed by atoms with Gasteiger partial charge in [0.1, 0.15) is 0 Å². The van der Waals surface area contributed by atoms with Crippen molar-refractivity contribution in [3.63, 3.8) is 0 Å². The third-order valence-corrected chi connectivity index (χ3v) is 2.85. The van der Waals surface area contributed by atoms with Gasteiger partial charge in [-0.3, -0.25) is 4.79 Å². The van der Waals surface area contributed by atoms with Crippen LogP contribution in [-0.2, 0) is 11.0 Å². The van der Waals surface area contributed by atoms with Gasteiger partial charge in [0.25, 0.3) is 0 Å². The molecule has 0 aliphatic heterocycles. The Morgan fingerprint density at radius 2 is 2.00 bits per heavy atom. The van der Waals surface area contributed by atoms with E-state index in [4.69, 9.17) is 0 Å². The molecule has 0 fully saturated rings. The standard InChI is InChI=1S/C13H17F3N2O/c1-8(7-17-3)12(19)18-11-6-4-5-10(9(11)2)13(14,15)16/h4-6,8,17H,7H2,1-3H3,(H,18,19). The Morgan fingerprint density at radius 1 is 1.37 bits per heavy atom. The fourth-order valence-corrected chi connectivity index (χ4v) is 1.73. The molecule has 6 heteroatoms. The number of nitrogens with one attached hydrogen (secondary N) is 2. The zero-order chi connectivity index (χ0) is 14.6. The van der Waals surface area contributed by atoms with Gasteiger partial charge in [-0.15, -0.1) is 0 Å². The normalized spacial score (nSPS) is 13.2. The van der Waals surface area contributed by atoms with Crippen LogP contribution in [-0.4, -0.2) is 19.5 Å². The summed E-state index contributed by atoms with van der Waals surface area (Å²) in [6.45, 7) is 3.51. The van der Waals surface area contributed by atoms with Gasteiger partial charge in [-0.1, -0.05) is 13.0 Å². The van der Waals surface area contributed by atoms with E-state index in [1.54, 1.807) is 14.0 Å². The number of amides is 1. The second kappa shape index (κ2) is 6.06. The average molecular weight is 274 g/mol. The van der Waals surface area contributed by atoms with Crippen molar-refractivity contribution in [3.05, 3.63) is 29.3 Å². The Kier molecular flexibility index (Phi) is 4.94. The van der Waals surface area contributed by atoms with E-state index in [0.717, 1.165) is 6.07 Å². The number of rotatable bonds is 4. The summed E-state index contributed by atoms with van der Waals surface area (Å²) in [5, 5.41) is 5.37. The van der Waals surface area contributed by atoms with Crippen molar-refractivity contribution in [2.75, 3.05) is 18.9 Å². The highest BCUT2D eigenvalue weighted by molar-refractivity contribution is 5.93. The maximum atomic E-state index is 12.7. The number of halogens is 3. The maximum absolute atomic E-state index is 12.7. The summed E-state index contributed by atoms with van der Waals surface area (Å²) < 4.78 is 38.2. The molecule has 0 aromatic heterocycles. The van der Waals surface area contributed by atoms with Crippen LogP contribution in [0.2, 0.25) is 0 Å². The fraction of sp³-hybridized carbons (Fsp3) is 0.462. The molecule has 106 valence electrons. The molecule has 1 aromatic rings. The summed E-state index contributed by atoms with van der Waals surface area (Å²) >= 11 is 0. The van der Waals surface area contributed by atoms with Crippen LogP contribution in [0.15, 0.2) is 18.2 Å². The molecular formula is C13H17F3N2O. The topological polar surface area (TPSA) is 41.1 Å². The van der Waals surface area contributed by atoms with Crippen molar-refractivity contribution in [1.82, 2.24) is 5.32 Å².